The zero-order valence-corrected chi connectivity index (χ0v) is 18.5. The van der Waals surface area contributed by atoms with E-state index < -0.39 is 0 Å². The predicted octanol–water partition coefficient (Wildman–Crippen LogP) is 5.44. The van der Waals surface area contributed by atoms with Crippen LogP contribution in [0.5, 0.6) is 0 Å². The van der Waals surface area contributed by atoms with Crippen molar-refractivity contribution in [3.05, 3.63) is 150 Å². The smallest absolute Gasteiger partial charge is 0.210 e. The average Bonchev–Trinajstić information content (AvgIpc) is 2.89. The first-order valence-corrected chi connectivity index (χ1v) is 11.2. The van der Waals surface area contributed by atoms with Crippen LogP contribution in [0.15, 0.2) is 128 Å². The second-order valence-corrected chi connectivity index (χ2v) is 8.17. The minimum atomic E-state index is -0.366. The lowest BCUT2D eigenvalue weighted by Crippen LogP contribution is -2.43. The van der Waals surface area contributed by atoms with Gasteiger partial charge in [0.25, 0.3) is 0 Å². The van der Waals surface area contributed by atoms with Crippen molar-refractivity contribution in [2.75, 3.05) is 0 Å². The van der Waals surface area contributed by atoms with E-state index in [-0.39, 0.29) is 23.5 Å². The van der Waals surface area contributed by atoms with Gasteiger partial charge in [0.1, 0.15) is 11.5 Å². The molecule has 34 heavy (non-hydrogen) atoms. The molecule has 0 bridgehead atoms. The van der Waals surface area contributed by atoms with Gasteiger partial charge in [-0.05, 0) is 35.4 Å². The van der Waals surface area contributed by atoms with Crippen LogP contribution in [0.25, 0.3) is 16.7 Å². The number of para-hydroxylation sites is 1. The maximum Gasteiger partial charge on any atom is 0.210 e. The van der Waals surface area contributed by atoms with Crippen molar-refractivity contribution >= 4 is 16.7 Å². The Morgan fingerprint density at radius 2 is 1.44 bits per heavy atom. The van der Waals surface area contributed by atoms with E-state index in [0.717, 1.165) is 22.2 Å². The number of benzene rings is 3. The predicted molar refractivity (Wildman–Crippen MR) is 130 cm³/mol. The molecule has 0 fully saturated rings. The van der Waals surface area contributed by atoms with Crippen LogP contribution in [0.3, 0.4) is 0 Å². The van der Waals surface area contributed by atoms with Crippen LogP contribution in [-0.2, 0) is 0 Å². The van der Waals surface area contributed by atoms with Crippen molar-refractivity contribution in [2.45, 2.75) is 12.0 Å². The molecule has 4 heteroatoms. The van der Waals surface area contributed by atoms with Crippen molar-refractivity contribution in [3.63, 3.8) is 0 Å². The number of nitrogens with zero attached hydrogens (tertiary/aromatic N) is 2. The van der Waals surface area contributed by atoms with E-state index in [0.29, 0.717) is 5.56 Å². The van der Waals surface area contributed by atoms with Crippen LogP contribution in [0, 0.1) is 5.82 Å². The molecule has 2 aromatic heterocycles. The quantitative estimate of drug-likeness (QED) is 0.258. The van der Waals surface area contributed by atoms with Gasteiger partial charge in [0.15, 0.2) is 12.4 Å². The Balaban J connectivity index is 1.70. The van der Waals surface area contributed by atoms with Gasteiger partial charge < -0.3 is 5.11 Å². The van der Waals surface area contributed by atoms with Crippen molar-refractivity contribution in [1.82, 2.24) is 4.98 Å². The zero-order chi connectivity index (χ0) is 23.3. The second-order valence-electron chi connectivity index (χ2n) is 8.17. The van der Waals surface area contributed by atoms with Crippen LogP contribution in [0.4, 0.5) is 4.39 Å². The van der Waals surface area contributed by atoms with Crippen LogP contribution in [0.1, 0.15) is 28.8 Å². The van der Waals surface area contributed by atoms with E-state index in [4.69, 9.17) is 4.98 Å². The third kappa shape index (κ3) is 4.57. The minimum Gasteiger partial charge on any atom is -0.872 e. The summed E-state index contributed by atoms with van der Waals surface area (Å²) in [5.74, 6) is -0.828. The summed E-state index contributed by atoms with van der Waals surface area (Å²) in [5, 5.41) is 14.4. The van der Waals surface area contributed by atoms with Crippen molar-refractivity contribution in [3.8, 4) is 0 Å². The summed E-state index contributed by atoms with van der Waals surface area (Å²) in [4.78, 5) is 4.99. The number of allylic oxidation sites excluding steroid dienone is 1. The normalized spacial score (nSPS) is 13.5. The Labute approximate surface area is 198 Å². The van der Waals surface area contributed by atoms with Gasteiger partial charge >= 0.3 is 0 Å². The third-order valence-electron chi connectivity index (χ3n) is 5.97. The van der Waals surface area contributed by atoms with E-state index in [1.165, 1.54) is 24.3 Å². The van der Waals surface area contributed by atoms with Crippen molar-refractivity contribution in [2.24, 2.45) is 0 Å². The van der Waals surface area contributed by atoms with Gasteiger partial charge in [-0.25, -0.2) is 9.37 Å². The van der Waals surface area contributed by atoms with Crippen LogP contribution >= 0.6 is 0 Å². The molecule has 3 aromatic carbocycles. The molecular weight excluding hydrogens is 423 g/mol. The van der Waals surface area contributed by atoms with Gasteiger partial charge in [0.05, 0.1) is 11.4 Å². The maximum atomic E-state index is 13.4. The van der Waals surface area contributed by atoms with Crippen molar-refractivity contribution in [1.29, 1.82) is 0 Å². The summed E-state index contributed by atoms with van der Waals surface area (Å²) >= 11 is 0. The van der Waals surface area contributed by atoms with Gasteiger partial charge in [0, 0.05) is 17.5 Å². The van der Waals surface area contributed by atoms with Crippen LogP contribution < -0.4 is 9.67 Å². The fraction of sp³-hybridized carbons (Fsp3) is 0.0667. The SMILES string of the molecule is [O-]/C(=C\C(c1ccccc1)C(c1ccc2ccccc2n1)[n+]1ccccc1)c1ccc(F)cc1. The number of rotatable bonds is 6. The Bertz CT molecular complexity index is 1420. The highest BCUT2D eigenvalue weighted by Gasteiger charge is 2.32. The lowest BCUT2D eigenvalue weighted by molar-refractivity contribution is -0.716. The lowest BCUT2D eigenvalue weighted by atomic mass is 9.87. The molecule has 5 rings (SSSR count). The van der Waals surface area contributed by atoms with Crippen LogP contribution in [-0.4, -0.2) is 4.98 Å². The number of fused-ring (bicyclic) bond motifs is 1. The highest BCUT2D eigenvalue weighted by Crippen LogP contribution is 2.33. The summed E-state index contributed by atoms with van der Waals surface area (Å²) in [7, 11) is 0. The molecule has 0 saturated carbocycles. The largest absolute Gasteiger partial charge is 0.872 e. The first kappa shape index (κ1) is 21.5. The maximum absolute atomic E-state index is 13.4. The molecule has 3 nitrogen and oxygen atoms in total. The van der Waals surface area contributed by atoms with E-state index in [1.54, 1.807) is 6.08 Å². The standard InChI is InChI=1S/C30H23FN2O/c31-25-16-13-24(14-17-25)29(34)21-26(22-9-3-1-4-10-22)30(33-19-7-2-8-20-33)28-18-15-23-11-5-6-12-27(23)32-28/h1-21,26,30H/b29-21-. The Morgan fingerprint density at radius 1 is 0.765 bits per heavy atom. The van der Waals surface area contributed by atoms with E-state index in [1.807, 2.05) is 91.3 Å². The topological polar surface area (TPSA) is 39.8 Å². The van der Waals surface area contributed by atoms with Crippen LogP contribution in [0.2, 0.25) is 0 Å². The number of halogens is 1. The molecule has 0 aliphatic heterocycles. The molecule has 5 aromatic rings. The number of hydrogen-bond donors (Lipinski definition) is 0. The Morgan fingerprint density at radius 3 is 2.21 bits per heavy atom. The molecule has 2 atom stereocenters. The Hall–Kier alpha value is -4.31. The fourth-order valence-electron chi connectivity index (χ4n) is 4.28. The number of pyridine rings is 2. The van der Waals surface area contributed by atoms with Gasteiger partial charge in [-0.15, -0.1) is 5.76 Å². The second kappa shape index (κ2) is 9.67. The third-order valence-corrected chi connectivity index (χ3v) is 5.97. The monoisotopic (exact) mass is 446 g/mol. The molecule has 0 N–H and O–H groups in total. The summed E-state index contributed by atoms with van der Waals surface area (Å²) in [5.41, 5.74) is 3.20. The van der Waals surface area contributed by atoms with Gasteiger partial charge in [-0.3, -0.25) is 0 Å². The molecule has 0 aliphatic carbocycles. The molecule has 0 aliphatic rings. The van der Waals surface area contributed by atoms with Gasteiger partial charge in [-0.2, -0.15) is 4.57 Å². The molecule has 2 unspecified atom stereocenters. The summed E-state index contributed by atoms with van der Waals surface area (Å²) in [6, 6.07) is 33.4. The average molecular weight is 447 g/mol. The summed E-state index contributed by atoms with van der Waals surface area (Å²) in [6.07, 6.45) is 5.71. The fourth-order valence-corrected chi connectivity index (χ4v) is 4.28. The lowest BCUT2D eigenvalue weighted by Gasteiger charge is -2.24. The van der Waals surface area contributed by atoms with Gasteiger partial charge in [0.2, 0.25) is 6.04 Å². The summed E-state index contributed by atoms with van der Waals surface area (Å²) in [6.45, 7) is 0. The number of hydrogen-bond acceptors (Lipinski definition) is 2. The molecule has 166 valence electrons. The molecule has 0 amide bonds. The van der Waals surface area contributed by atoms with Crippen molar-refractivity contribution < 1.29 is 14.1 Å². The highest BCUT2D eigenvalue weighted by atomic mass is 19.1. The molecular formula is C30H23FN2O. The molecule has 0 spiro atoms. The van der Waals surface area contributed by atoms with E-state index in [9.17, 15) is 9.50 Å². The zero-order valence-electron chi connectivity index (χ0n) is 18.5. The van der Waals surface area contributed by atoms with E-state index in [2.05, 4.69) is 10.6 Å². The van der Waals surface area contributed by atoms with Gasteiger partial charge in [-0.1, -0.05) is 78.9 Å². The minimum absolute atomic E-state index is 0.156. The molecule has 0 saturated heterocycles. The highest BCUT2D eigenvalue weighted by molar-refractivity contribution is 5.78. The first-order chi connectivity index (χ1) is 16.7. The first-order valence-electron chi connectivity index (χ1n) is 11.2. The molecule has 2 heterocycles. The van der Waals surface area contributed by atoms with E-state index >= 15 is 0 Å². The molecule has 0 radical (unpaired) electrons. The summed E-state index contributed by atoms with van der Waals surface area (Å²) < 4.78 is 15.5. The Kier molecular flexibility index (Phi) is 6.13. The number of aromatic nitrogens is 2.